The van der Waals surface area contributed by atoms with Crippen LogP contribution in [0.4, 0.5) is 0 Å². The van der Waals surface area contributed by atoms with Gasteiger partial charge in [-0.2, -0.15) is 0 Å². The third-order valence-corrected chi connectivity index (χ3v) is 1.57. The number of hydrogen-bond acceptors (Lipinski definition) is 7. The van der Waals surface area contributed by atoms with Gasteiger partial charge >= 0.3 is 11.9 Å². The molecule has 0 amide bonds. The number of nitrogens with two attached hydrogens (primary N) is 1. The zero-order chi connectivity index (χ0) is 12.4. The molecule has 7 heteroatoms. The molecule has 0 aliphatic carbocycles. The van der Waals surface area contributed by atoms with Gasteiger partial charge in [-0.1, -0.05) is 0 Å². The summed E-state index contributed by atoms with van der Waals surface area (Å²) in [7, 11) is 0. The first-order valence-corrected chi connectivity index (χ1v) is 4.57. The molecule has 2 N–H and O–H groups in total. The van der Waals surface area contributed by atoms with E-state index >= 15 is 0 Å². The molecule has 90 valence electrons. The average molecular weight is 231 g/mol. The predicted molar refractivity (Wildman–Crippen MR) is 51.3 cm³/mol. The fraction of sp³-hybridized carbons (Fsp3) is 0.556. The summed E-state index contributed by atoms with van der Waals surface area (Å²) in [6.45, 7) is -0.675. The molecule has 0 aromatic carbocycles. The minimum absolute atomic E-state index is 0.0371. The topological polar surface area (TPSA) is 113 Å². The van der Waals surface area contributed by atoms with Gasteiger partial charge in [-0.25, -0.2) is 0 Å². The fourth-order valence-corrected chi connectivity index (χ4v) is 0.814. The first-order chi connectivity index (χ1) is 7.61. The highest BCUT2D eigenvalue weighted by molar-refractivity contribution is 5.78. The molecule has 0 aliphatic heterocycles. The molecule has 0 bridgehead atoms. The van der Waals surface area contributed by atoms with Crippen LogP contribution < -0.4 is 5.73 Å². The van der Waals surface area contributed by atoms with E-state index in [0.29, 0.717) is 12.6 Å². The lowest BCUT2D eigenvalue weighted by Crippen LogP contribution is -2.33. The lowest BCUT2D eigenvalue weighted by atomic mass is 10.2. The van der Waals surface area contributed by atoms with Crippen molar-refractivity contribution in [1.82, 2.24) is 0 Å². The van der Waals surface area contributed by atoms with Crippen LogP contribution in [0.1, 0.15) is 12.8 Å². The van der Waals surface area contributed by atoms with E-state index in [2.05, 4.69) is 9.47 Å². The summed E-state index contributed by atoms with van der Waals surface area (Å²) in [6.07, 6.45) is 0.805. The average Bonchev–Trinajstić information content (AvgIpc) is 2.30. The van der Waals surface area contributed by atoms with Gasteiger partial charge in [-0.05, 0) is 6.42 Å². The van der Waals surface area contributed by atoms with Crippen molar-refractivity contribution in [2.75, 3.05) is 13.2 Å². The lowest BCUT2D eigenvalue weighted by molar-refractivity contribution is -0.148. The van der Waals surface area contributed by atoms with Gasteiger partial charge < -0.3 is 15.2 Å². The van der Waals surface area contributed by atoms with E-state index in [1.807, 2.05) is 0 Å². The SMILES string of the molecule is N[C@@H](CCC(=O)OCC=O)C(=O)OCC=O. The van der Waals surface area contributed by atoms with E-state index in [9.17, 15) is 19.2 Å². The predicted octanol–water partition coefficient (Wildman–Crippen LogP) is -1.42. The molecule has 0 aromatic heterocycles. The van der Waals surface area contributed by atoms with Crippen LogP contribution in [0.3, 0.4) is 0 Å². The zero-order valence-corrected chi connectivity index (χ0v) is 8.59. The summed E-state index contributed by atoms with van der Waals surface area (Å²) < 4.78 is 8.86. The van der Waals surface area contributed by atoms with Crippen LogP contribution in [0, 0.1) is 0 Å². The summed E-state index contributed by atoms with van der Waals surface area (Å²) in [4.78, 5) is 41.7. The van der Waals surface area contributed by atoms with Crippen LogP contribution in [0.2, 0.25) is 0 Å². The van der Waals surface area contributed by atoms with Crippen LogP contribution in [0.15, 0.2) is 0 Å². The molecule has 0 aliphatic rings. The van der Waals surface area contributed by atoms with Crippen molar-refractivity contribution < 1.29 is 28.7 Å². The molecule has 0 unspecified atom stereocenters. The molecule has 0 aromatic rings. The largest absolute Gasteiger partial charge is 0.458 e. The molecule has 0 radical (unpaired) electrons. The molecule has 0 saturated heterocycles. The van der Waals surface area contributed by atoms with Crippen LogP contribution in [0.25, 0.3) is 0 Å². The smallest absolute Gasteiger partial charge is 0.323 e. The van der Waals surface area contributed by atoms with Gasteiger partial charge in [0, 0.05) is 6.42 Å². The molecule has 16 heavy (non-hydrogen) atoms. The maximum Gasteiger partial charge on any atom is 0.323 e. The van der Waals surface area contributed by atoms with Gasteiger partial charge in [-0.3, -0.25) is 19.2 Å². The van der Waals surface area contributed by atoms with E-state index in [1.54, 1.807) is 0 Å². The Morgan fingerprint density at radius 2 is 1.69 bits per heavy atom. The molecule has 0 fully saturated rings. The van der Waals surface area contributed by atoms with E-state index < -0.39 is 18.0 Å². The Kier molecular flexibility index (Phi) is 7.60. The lowest BCUT2D eigenvalue weighted by Gasteiger charge is -2.08. The maximum absolute atomic E-state index is 11.0. The second-order valence-corrected chi connectivity index (χ2v) is 2.79. The molecule has 0 spiro atoms. The standard InChI is InChI=1S/C9H13NO6/c10-7(9(14)16-6-4-12)1-2-8(13)15-5-3-11/h3-4,7H,1-2,5-6,10H2/t7-/m0/s1. The Balaban J connectivity index is 3.74. The third kappa shape index (κ3) is 6.66. The van der Waals surface area contributed by atoms with Crippen molar-refractivity contribution in [3.05, 3.63) is 0 Å². The van der Waals surface area contributed by atoms with Gasteiger partial charge in [0.1, 0.15) is 19.3 Å². The van der Waals surface area contributed by atoms with E-state index in [1.165, 1.54) is 0 Å². The monoisotopic (exact) mass is 231 g/mol. The second kappa shape index (κ2) is 8.54. The Bertz CT molecular complexity index is 265. The Hall–Kier alpha value is -1.76. The number of rotatable bonds is 8. The summed E-state index contributed by atoms with van der Waals surface area (Å²) in [5, 5.41) is 0. The van der Waals surface area contributed by atoms with E-state index in [4.69, 9.17) is 5.73 Å². The van der Waals surface area contributed by atoms with Crippen LogP contribution >= 0.6 is 0 Å². The van der Waals surface area contributed by atoms with Gasteiger partial charge in [0.15, 0.2) is 12.6 Å². The first-order valence-electron chi connectivity index (χ1n) is 4.57. The number of carbonyl (C=O) groups excluding carboxylic acids is 4. The van der Waals surface area contributed by atoms with Gasteiger partial charge in [-0.15, -0.1) is 0 Å². The molecule has 0 rings (SSSR count). The van der Waals surface area contributed by atoms with Crippen molar-refractivity contribution in [2.24, 2.45) is 5.73 Å². The molecule has 0 heterocycles. The van der Waals surface area contributed by atoms with Gasteiger partial charge in [0.25, 0.3) is 0 Å². The van der Waals surface area contributed by atoms with Gasteiger partial charge in [0.05, 0.1) is 0 Å². The first kappa shape index (κ1) is 14.2. The molecule has 0 saturated carbocycles. The van der Waals surface area contributed by atoms with Crippen LogP contribution in [-0.2, 0) is 28.7 Å². The minimum Gasteiger partial charge on any atom is -0.458 e. The quantitative estimate of drug-likeness (QED) is 0.402. The maximum atomic E-state index is 11.0. The summed E-state index contributed by atoms with van der Waals surface area (Å²) in [5.41, 5.74) is 5.37. The van der Waals surface area contributed by atoms with Crippen molar-refractivity contribution in [3.63, 3.8) is 0 Å². The Morgan fingerprint density at radius 1 is 1.12 bits per heavy atom. The number of hydrogen-bond donors (Lipinski definition) is 1. The highest BCUT2D eigenvalue weighted by Gasteiger charge is 2.16. The van der Waals surface area contributed by atoms with Crippen molar-refractivity contribution in [2.45, 2.75) is 18.9 Å². The highest BCUT2D eigenvalue weighted by atomic mass is 16.5. The normalized spacial score (nSPS) is 11.3. The van der Waals surface area contributed by atoms with Crippen molar-refractivity contribution >= 4 is 24.5 Å². The molecular formula is C9H13NO6. The zero-order valence-electron chi connectivity index (χ0n) is 8.59. The molecule has 7 nitrogen and oxygen atoms in total. The summed E-state index contributed by atoms with van der Waals surface area (Å²) in [6, 6.07) is -0.983. The second-order valence-electron chi connectivity index (χ2n) is 2.79. The van der Waals surface area contributed by atoms with Crippen LogP contribution in [-0.4, -0.2) is 43.8 Å². The van der Waals surface area contributed by atoms with Gasteiger partial charge in [0.2, 0.25) is 0 Å². The minimum atomic E-state index is -0.983. The fourth-order valence-electron chi connectivity index (χ4n) is 0.814. The number of ether oxygens (including phenoxy) is 2. The van der Waals surface area contributed by atoms with E-state index in [-0.39, 0.29) is 26.1 Å². The Morgan fingerprint density at radius 3 is 2.25 bits per heavy atom. The molecular weight excluding hydrogens is 218 g/mol. The van der Waals surface area contributed by atoms with Crippen molar-refractivity contribution in [3.8, 4) is 0 Å². The highest BCUT2D eigenvalue weighted by Crippen LogP contribution is 1.98. The Labute approximate surface area is 91.9 Å². The number of aldehydes is 2. The van der Waals surface area contributed by atoms with E-state index in [0.717, 1.165) is 0 Å². The van der Waals surface area contributed by atoms with Crippen LogP contribution in [0.5, 0.6) is 0 Å². The van der Waals surface area contributed by atoms with Crippen molar-refractivity contribution in [1.29, 1.82) is 0 Å². The summed E-state index contributed by atoms with van der Waals surface area (Å²) in [5.74, 6) is -1.37. The molecule has 1 atom stereocenters. The number of carbonyl (C=O) groups is 4. The summed E-state index contributed by atoms with van der Waals surface area (Å²) >= 11 is 0. The third-order valence-electron chi connectivity index (χ3n) is 1.57. The number of esters is 2.